The lowest BCUT2D eigenvalue weighted by molar-refractivity contribution is 0.864. The Bertz CT molecular complexity index is 1020. The van der Waals surface area contributed by atoms with E-state index < -0.39 is 0 Å². The number of benzene rings is 3. The largest absolute Gasteiger partial charge is 0.355 e. The summed E-state index contributed by atoms with van der Waals surface area (Å²) in [6.45, 7) is 1.50. The summed E-state index contributed by atoms with van der Waals surface area (Å²) >= 11 is 0. The molecule has 4 heteroatoms. The van der Waals surface area contributed by atoms with Crippen molar-refractivity contribution in [3.8, 4) is 0 Å². The molecule has 0 atom stereocenters. The van der Waals surface area contributed by atoms with Crippen LogP contribution < -0.4 is 9.80 Å². The molecule has 0 N–H and O–H groups in total. The van der Waals surface area contributed by atoms with Crippen molar-refractivity contribution in [2.75, 3.05) is 16.8 Å². The van der Waals surface area contributed by atoms with Gasteiger partial charge in [-0.1, -0.05) is 78.9 Å². The summed E-state index contributed by atoms with van der Waals surface area (Å²) in [5.41, 5.74) is 3.53. The van der Waals surface area contributed by atoms with Crippen LogP contribution in [0.1, 0.15) is 11.1 Å². The summed E-state index contributed by atoms with van der Waals surface area (Å²) in [6, 6.07) is 33.1. The SMILES string of the molecule is CN(Cc1ccccc1)c1ccnc(N(Cc2ccccc2)c2ccccc2)n1. The van der Waals surface area contributed by atoms with E-state index in [4.69, 9.17) is 4.98 Å². The van der Waals surface area contributed by atoms with Gasteiger partial charge in [0.15, 0.2) is 0 Å². The lowest BCUT2D eigenvalue weighted by atomic mass is 10.2. The summed E-state index contributed by atoms with van der Waals surface area (Å²) in [7, 11) is 2.06. The number of hydrogen-bond acceptors (Lipinski definition) is 4. The van der Waals surface area contributed by atoms with E-state index in [-0.39, 0.29) is 0 Å². The maximum atomic E-state index is 4.88. The molecule has 0 saturated heterocycles. The molecule has 144 valence electrons. The van der Waals surface area contributed by atoms with Crippen molar-refractivity contribution >= 4 is 17.5 Å². The highest BCUT2D eigenvalue weighted by molar-refractivity contribution is 5.59. The number of anilines is 3. The zero-order chi connectivity index (χ0) is 19.9. The first kappa shape index (κ1) is 18.7. The maximum absolute atomic E-state index is 4.88. The van der Waals surface area contributed by atoms with E-state index in [1.54, 1.807) is 0 Å². The molecule has 0 fully saturated rings. The molecule has 0 unspecified atom stereocenters. The second-order valence-electron chi connectivity index (χ2n) is 6.96. The molecular formula is C25H24N4. The van der Waals surface area contributed by atoms with E-state index >= 15 is 0 Å². The summed E-state index contributed by atoms with van der Waals surface area (Å²) in [4.78, 5) is 13.8. The summed E-state index contributed by atoms with van der Waals surface area (Å²) in [6.07, 6.45) is 1.83. The lowest BCUT2D eigenvalue weighted by Gasteiger charge is -2.25. The average Bonchev–Trinajstić information content (AvgIpc) is 2.79. The van der Waals surface area contributed by atoms with Gasteiger partial charge in [0, 0.05) is 25.5 Å². The van der Waals surface area contributed by atoms with Gasteiger partial charge in [-0.05, 0) is 29.3 Å². The van der Waals surface area contributed by atoms with Crippen LogP contribution in [-0.2, 0) is 13.1 Å². The standard InChI is InChI=1S/C25H24N4/c1-28(19-21-11-5-2-6-12-21)24-17-18-26-25(27-24)29(23-15-9-4-10-16-23)20-22-13-7-3-8-14-22/h2-18H,19-20H2,1H3. The van der Waals surface area contributed by atoms with Gasteiger partial charge >= 0.3 is 0 Å². The highest BCUT2D eigenvalue weighted by atomic mass is 15.3. The fraction of sp³-hybridized carbons (Fsp3) is 0.120. The zero-order valence-electron chi connectivity index (χ0n) is 16.5. The van der Waals surface area contributed by atoms with Crippen LogP contribution in [0.3, 0.4) is 0 Å². The molecule has 1 aromatic heterocycles. The Balaban J connectivity index is 1.63. The Morgan fingerprint density at radius 3 is 1.83 bits per heavy atom. The fourth-order valence-corrected chi connectivity index (χ4v) is 3.27. The second kappa shape index (κ2) is 9.02. The predicted octanol–water partition coefficient (Wildman–Crippen LogP) is 5.45. The van der Waals surface area contributed by atoms with Crippen molar-refractivity contribution in [3.05, 3.63) is 114 Å². The van der Waals surface area contributed by atoms with Gasteiger partial charge in [-0.15, -0.1) is 0 Å². The summed E-state index contributed by atoms with van der Waals surface area (Å²) in [5, 5.41) is 0. The molecule has 0 saturated carbocycles. The Labute approximate surface area is 172 Å². The van der Waals surface area contributed by atoms with Crippen molar-refractivity contribution in [2.45, 2.75) is 13.1 Å². The topological polar surface area (TPSA) is 32.3 Å². The van der Waals surface area contributed by atoms with E-state index in [1.807, 2.05) is 42.6 Å². The van der Waals surface area contributed by atoms with Crippen LogP contribution in [0.4, 0.5) is 17.5 Å². The molecule has 0 amide bonds. The van der Waals surface area contributed by atoms with E-state index in [0.717, 1.165) is 18.1 Å². The van der Waals surface area contributed by atoms with Gasteiger partial charge in [-0.25, -0.2) is 4.98 Å². The van der Waals surface area contributed by atoms with Crippen molar-refractivity contribution < 1.29 is 0 Å². The molecule has 0 aliphatic heterocycles. The molecule has 0 bridgehead atoms. The average molecular weight is 380 g/mol. The smallest absolute Gasteiger partial charge is 0.232 e. The van der Waals surface area contributed by atoms with Crippen LogP contribution in [0.15, 0.2) is 103 Å². The molecule has 4 aromatic rings. The molecule has 0 aliphatic rings. The highest BCUT2D eigenvalue weighted by Gasteiger charge is 2.14. The Kier molecular flexibility index (Phi) is 5.81. The Morgan fingerprint density at radius 1 is 0.655 bits per heavy atom. The second-order valence-corrected chi connectivity index (χ2v) is 6.96. The van der Waals surface area contributed by atoms with E-state index in [2.05, 4.69) is 82.5 Å². The molecule has 4 rings (SSSR count). The molecule has 29 heavy (non-hydrogen) atoms. The normalized spacial score (nSPS) is 10.5. The van der Waals surface area contributed by atoms with E-state index in [1.165, 1.54) is 11.1 Å². The number of nitrogens with zero attached hydrogens (tertiary/aromatic N) is 4. The minimum atomic E-state index is 0.692. The van der Waals surface area contributed by atoms with Crippen LogP contribution in [0.25, 0.3) is 0 Å². The zero-order valence-corrected chi connectivity index (χ0v) is 16.5. The predicted molar refractivity (Wildman–Crippen MR) is 119 cm³/mol. The maximum Gasteiger partial charge on any atom is 0.232 e. The molecule has 0 spiro atoms. The third-order valence-corrected chi connectivity index (χ3v) is 4.77. The molecule has 0 aliphatic carbocycles. The first-order valence-electron chi connectivity index (χ1n) is 9.74. The van der Waals surface area contributed by atoms with E-state index in [9.17, 15) is 0 Å². The van der Waals surface area contributed by atoms with Gasteiger partial charge in [0.1, 0.15) is 5.82 Å². The minimum absolute atomic E-state index is 0.692. The van der Waals surface area contributed by atoms with Gasteiger partial charge in [0.05, 0.1) is 6.54 Å². The van der Waals surface area contributed by atoms with Gasteiger partial charge in [0.2, 0.25) is 5.95 Å². The van der Waals surface area contributed by atoms with Crippen LogP contribution in [0.5, 0.6) is 0 Å². The van der Waals surface area contributed by atoms with Crippen molar-refractivity contribution in [1.29, 1.82) is 0 Å². The fourth-order valence-electron chi connectivity index (χ4n) is 3.27. The minimum Gasteiger partial charge on any atom is -0.355 e. The molecule has 3 aromatic carbocycles. The quantitative estimate of drug-likeness (QED) is 0.427. The summed E-state index contributed by atoms with van der Waals surface area (Å²) < 4.78 is 0. The third kappa shape index (κ3) is 4.79. The molecular weight excluding hydrogens is 356 g/mol. The van der Waals surface area contributed by atoms with Crippen LogP contribution >= 0.6 is 0 Å². The van der Waals surface area contributed by atoms with Gasteiger partial charge in [-0.3, -0.25) is 0 Å². The van der Waals surface area contributed by atoms with Crippen LogP contribution in [-0.4, -0.2) is 17.0 Å². The van der Waals surface area contributed by atoms with Crippen molar-refractivity contribution in [1.82, 2.24) is 9.97 Å². The monoisotopic (exact) mass is 380 g/mol. The first-order valence-corrected chi connectivity index (χ1v) is 9.74. The van der Waals surface area contributed by atoms with Gasteiger partial charge in [0.25, 0.3) is 0 Å². The molecule has 0 radical (unpaired) electrons. The Hall–Kier alpha value is -3.66. The molecule has 4 nitrogen and oxygen atoms in total. The number of para-hydroxylation sites is 1. The highest BCUT2D eigenvalue weighted by Crippen LogP contribution is 2.26. The first-order chi connectivity index (χ1) is 14.3. The van der Waals surface area contributed by atoms with Gasteiger partial charge in [-0.2, -0.15) is 4.98 Å². The molecule has 1 heterocycles. The third-order valence-electron chi connectivity index (χ3n) is 4.77. The van der Waals surface area contributed by atoms with E-state index in [0.29, 0.717) is 12.5 Å². The van der Waals surface area contributed by atoms with Crippen molar-refractivity contribution in [2.24, 2.45) is 0 Å². The Morgan fingerprint density at radius 2 is 1.21 bits per heavy atom. The van der Waals surface area contributed by atoms with Crippen molar-refractivity contribution in [3.63, 3.8) is 0 Å². The van der Waals surface area contributed by atoms with Crippen LogP contribution in [0.2, 0.25) is 0 Å². The van der Waals surface area contributed by atoms with Gasteiger partial charge < -0.3 is 9.80 Å². The lowest BCUT2D eigenvalue weighted by Crippen LogP contribution is -2.22. The number of hydrogen-bond donors (Lipinski definition) is 0. The number of aromatic nitrogens is 2. The number of rotatable bonds is 7. The summed E-state index contributed by atoms with van der Waals surface area (Å²) in [5.74, 6) is 1.59. The van der Waals surface area contributed by atoms with Crippen LogP contribution in [0, 0.1) is 0 Å².